The second kappa shape index (κ2) is 6.19. The molecule has 0 aliphatic carbocycles. The Morgan fingerprint density at radius 1 is 1.45 bits per heavy atom. The predicted molar refractivity (Wildman–Crippen MR) is 79.3 cm³/mol. The van der Waals surface area contributed by atoms with Gasteiger partial charge in [-0.1, -0.05) is 12.1 Å². The third kappa shape index (κ3) is 3.36. The fourth-order valence-corrected chi connectivity index (χ4v) is 4.65. The number of hydrogen-bond donors (Lipinski definition) is 1. The van der Waals surface area contributed by atoms with Crippen LogP contribution < -0.4 is 5.32 Å². The molecule has 20 heavy (non-hydrogen) atoms. The average molecular weight is 363 g/mol. The van der Waals surface area contributed by atoms with Gasteiger partial charge in [0.1, 0.15) is 0 Å². The van der Waals surface area contributed by atoms with Crippen molar-refractivity contribution in [2.75, 3.05) is 12.3 Å². The van der Waals surface area contributed by atoms with Crippen LogP contribution in [-0.4, -0.2) is 30.9 Å². The van der Waals surface area contributed by atoms with Crippen LogP contribution in [-0.2, 0) is 16.4 Å². The molecular formula is C12H15BrN2O4S. The van der Waals surface area contributed by atoms with E-state index in [0.717, 1.165) is 12.0 Å². The summed E-state index contributed by atoms with van der Waals surface area (Å²) >= 11 is 3.22. The van der Waals surface area contributed by atoms with E-state index >= 15 is 0 Å². The molecule has 1 aromatic carbocycles. The number of nitrogens with one attached hydrogen (secondary N) is 1. The Morgan fingerprint density at radius 2 is 2.20 bits per heavy atom. The molecule has 1 saturated heterocycles. The summed E-state index contributed by atoms with van der Waals surface area (Å²) in [7, 11) is -2.96. The highest BCUT2D eigenvalue weighted by Crippen LogP contribution is 2.28. The molecule has 2 rings (SSSR count). The van der Waals surface area contributed by atoms with Gasteiger partial charge in [0.2, 0.25) is 0 Å². The van der Waals surface area contributed by atoms with Gasteiger partial charge < -0.3 is 5.32 Å². The molecule has 1 atom stereocenters. The number of nitro benzene ring substituents is 1. The van der Waals surface area contributed by atoms with Crippen molar-refractivity contribution >= 4 is 31.5 Å². The summed E-state index contributed by atoms with van der Waals surface area (Å²) in [6.45, 7) is 0.783. The first-order valence-electron chi connectivity index (χ1n) is 6.26. The van der Waals surface area contributed by atoms with Crippen molar-refractivity contribution < 1.29 is 13.3 Å². The second-order valence-electron chi connectivity index (χ2n) is 4.77. The summed E-state index contributed by atoms with van der Waals surface area (Å²) in [6.07, 6.45) is 1.40. The van der Waals surface area contributed by atoms with E-state index in [1.807, 2.05) is 0 Å². The van der Waals surface area contributed by atoms with Gasteiger partial charge in [-0.05, 0) is 34.3 Å². The fraction of sp³-hybridized carbons (Fsp3) is 0.500. The second-order valence-corrected chi connectivity index (χ2v) is 7.96. The Hall–Kier alpha value is -0.990. The van der Waals surface area contributed by atoms with Crippen molar-refractivity contribution in [1.29, 1.82) is 0 Å². The van der Waals surface area contributed by atoms with Crippen molar-refractivity contribution in [3.63, 3.8) is 0 Å². The van der Waals surface area contributed by atoms with Crippen molar-refractivity contribution in [3.8, 4) is 0 Å². The van der Waals surface area contributed by atoms with Gasteiger partial charge in [-0.2, -0.15) is 0 Å². The maximum absolute atomic E-state index is 11.7. The van der Waals surface area contributed by atoms with Crippen LogP contribution in [0.5, 0.6) is 0 Å². The Bertz CT molecular complexity index is 618. The molecule has 1 heterocycles. The van der Waals surface area contributed by atoms with E-state index in [1.165, 1.54) is 6.07 Å². The van der Waals surface area contributed by atoms with Crippen molar-refractivity contribution in [2.45, 2.75) is 24.6 Å². The van der Waals surface area contributed by atoms with E-state index in [9.17, 15) is 18.5 Å². The predicted octanol–water partition coefficient (Wildman–Crippen LogP) is 2.02. The molecule has 0 spiro atoms. The van der Waals surface area contributed by atoms with E-state index in [4.69, 9.17) is 0 Å². The van der Waals surface area contributed by atoms with Gasteiger partial charge in [-0.15, -0.1) is 0 Å². The minimum Gasteiger partial charge on any atom is -0.311 e. The number of rotatable bonds is 5. The normalized spacial score (nSPS) is 20.9. The fourth-order valence-electron chi connectivity index (χ4n) is 2.30. The first-order chi connectivity index (χ1) is 9.42. The molecule has 0 radical (unpaired) electrons. The van der Waals surface area contributed by atoms with E-state index in [1.54, 1.807) is 12.1 Å². The zero-order valence-corrected chi connectivity index (χ0v) is 13.1. The zero-order valence-electron chi connectivity index (χ0n) is 10.7. The molecule has 110 valence electrons. The Labute approximate surface area is 125 Å². The standard InChI is InChI=1S/C12H15BrN2O4S/c13-12-9(3-1-5-11(12)15(16)17)7-14-8-10-4-2-6-20(10,18)19/h1,3,5,10,14H,2,4,6-8H2. The maximum atomic E-state index is 11.7. The van der Waals surface area contributed by atoms with Crippen LogP contribution in [0.3, 0.4) is 0 Å². The highest BCUT2D eigenvalue weighted by Gasteiger charge is 2.30. The zero-order chi connectivity index (χ0) is 14.8. The summed E-state index contributed by atoms with van der Waals surface area (Å²) in [6, 6.07) is 4.81. The lowest BCUT2D eigenvalue weighted by Crippen LogP contribution is -2.30. The lowest BCUT2D eigenvalue weighted by molar-refractivity contribution is -0.385. The van der Waals surface area contributed by atoms with Crippen LogP contribution in [0.4, 0.5) is 5.69 Å². The molecule has 1 fully saturated rings. The van der Waals surface area contributed by atoms with E-state index in [-0.39, 0.29) is 16.7 Å². The minimum absolute atomic E-state index is 0.0118. The molecule has 0 bridgehead atoms. The number of sulfone groups is 1. The molecule has 0 aromatic heterocycles. The van der Waals surface area contributed by atoms with Gasteiger partial charge in [0, 0.05) is 19.2 Å². The number of nitrogens with zero attached hydrogens (tertiary/aromatic N) is 1. The molecular weight excluding hydrogens is 348 g/mol. The molecule has 6 nitrogen and oxygen atoms in total. The van der Waals surface area contributed by atoms with Crippen LogP contribution in [0.25, 0.3) is 0 Å². The van der Waals surface area contributed by atoms with Gasteiger partial charge in [0.05, 0.1) is 20.4 Å². The Balaban J connectivity index is 1.98. The molecule has 1 N–H and O–H groups in total. The van der Waals surface area contributed by atoms with Crippen LogP contribution in [0, 0.1) is 10.1 Å². The van der Waals surface area contributed by atoms with Crippen molar-refractivity contribution in [1.82, 2.24) is 5.32 Å². The quantitative estimate of drug-likeness (QED) is 0.639. The third-order valence-corrected chi connectivity index (χ3v) is 6.60. The lowest BCUT2D eigenvalue weighted by Gasteiger charge is -2.11. The topological polar surface area (TPSA) is 89.3 Å². The monoisotopic (exact) mass is 362 g/mol. The van der Waals surface area contributed by atoms with Crippen molar-refractivity contribution in [2.24, 2.45) is 0 Å². The lowest BCUT2D eigenvalue weighted by atomic mass is 10.2. The van der Waals surface area contributed by atoms with Crippen LogP contribution >= 0.6 is 15.9 Å². The van der Waals surface area contributed by atoms with E-state index < -0.39 is 14.8 Å². The van der Waals surface area contributed by atoms with Crippen molar-refractivity contribution in [3.05, 3.63) is 38.3 Å². The highest BCUT2D eigenvalue weighted by atomic mass is 79.9. The Morgan fingerprint density at radius 3 is 2.80 bits per heavy atom. The highest BCUT2D eigenvalue weighted by molar-refractivity contribution is 9.10. The van der Waals surface area contributed by atoms with Gasteiger partial charge in [-0.3, -0.25) is 10.1 Å². The molecule has 1 unspecified atom stereocenters. The van der Waals surface area contributed by atoms with E-state index in [2.05, 4.69) is 21.2 Å². The van der Waals surface area contributed by atoms with Crippen LogP contribution in [0.15, 0.2) is 22.7 Å². The first kappa shape index (κ1) is 15.4. The summed E-state index contributed by atoms with van der Waals surface area (Å²) in [5.74, 6) is 0.264. The summed E-state index contributed by atoms with van der Waals surface area (Å²) < 4.78 is 23.8. The minimum atomic E-state index is -2.96. The number of halogens is 1. The molecule has 1 aliphatic heterocycles. The first-order valence-corrected chi connectivity index (χ1v) is 8.77. The molecule has 8 heteroatoms. The van der Waals surface area contributed by atoms with Gasteiger partial charge >= 0.3 is 0 Å². The molecule has 1 aromatic rings. The van der Waals surface area contributed by atoms with Gasteiger partial charge in [0.25, 0.3) is 5.69 Å². The summed E-state index contributed by atoms with van der Waals surface area (Å²) in [5.41, 5.74) is 0.757. The average Bonchev–Trinajstić information content (AvgIpc) is 2.70. The number of nitro groups is 1. The smallest absolute Gasteiger partial charge is 0.283 e. The summed E-state index contributed by atoms with van der Waals surface area (Å²) in [4.78, 5) is 10.4. The largest absolute Gasteiger partial charge is 0.311 e. The van der Waals surface area contributed by atoms with Gasteiger partial charge in [0.15, 0.2) is 9.84 Å². The van der Waals surface area contributed by atoms with Crippen LogP contribution in [0.2, 0.25) is 0 Å². The SMILES string of the molecule is O=[N+]([O-])c1cccc(CNCC2CCCS2(=O)=O)c1Br. The molecule has 0 amide bonds. The maximum Gasteiger partial charge on any atom is 0.283 e. The number of benzene rings is 1. The van der Waals surface area contributed by atoms with Crippen LogP contribution in [0.1, 0.15) is 18.4 Å². The number of hydrogen-bond acceptors (Lipinski definition) is 5. The molecule has 1 aliphatic rings. The third-order valence-electron chi connectivity index (χ3n) is 3.41. The van der Waals surface area contributed by atoms with E-state index in [0.29, 0.717) is 24.0 Å². The summed E-state index contributed by atoms with van der Waals surface area (Å²) in [5, 5.41) is 13.6. The van der Waals surface area contributed by atoms with Gasteiger partial charge in [-0.25, -0.2) is 8.42 Å². The molecule has 0 saturated carbocycles. The Kier molecular flexibility index (Phi) is 4.77.